The summed E-state index contributed by atoms with van der Waals surface area (Å²) < 4.78 is 0. The number of anilines is 4. The number of rotatable bonds is 12. The summed E-state index contributed by atoms with van der Waals surface area (Å²) in [6.07, 6.45) is 4.98. The third kappa shape index (κ3) is 10.0. The van der Waals surface area contributed by atoms with Crippen molar-refractivity contribution in [2.24, 2.45) is 5.92 Å². The van der Waals surface area contributed by atoms with Crippen molar-refractivity contribution in [1.29, 1.82) is 0 Å². The van der Waals surface area contributed by atoms with E-state index in [4.69, 9.17) is 23.2 Å². The first kappa shape index (κ1) is 39.3. The lowest BCUT2D eigenvalue weighted by molar-refractivity contribution is -0.119. The van der Waals surface area contributed by atoms with Crippen molar-refractivity contribution in [3.05, 3.63) is 112 Å². The second-order valence-corrected chi connectivity index (χ2v) is 13.5. The summed E-state index contributed by atoms with van der Waals surface area (Å²) in [6, 6.07) is 19.4. The van der Waals surface area contributed by atoms with Gasteiger partial charge in [-0.25, -0.2) is 9.97 Å². The van der Waals surface area contributed by atoms with Crippen LogP contribution >= 0.6 is 35.0 Å². The Morgan fingerprint density at radius 1 is 0.661 bits per heavy atom. The third-order valence-electron chi connectivity index (χ3n) is 7.66. The van der Waals surface area contributed by atoms with E-state index in [2.05, 4.69) is 61.1 Å². The summed E-state index contributed by atoms with van der Waals surface area (Å²) >= 11 is 14.0. The molecule has 19 heteroatoms. The SMILES string of the molecule is CSc1nc(NC(=O)c2cc(NC(=O)C(C)Cc3nc(NC(=O)c4cc(NC(C)=O)ccc4Cl)nc(-c4ccccn4)n3)ccc2Cl)nc(-c2ccccn2)n1. The number of pyridine rings is 2. The number of thioether (sulfide) groups is 1. The predicted molar refractivity (Wildman–Crippen MR) is 213 cm³/mol. The molecule has 2 aromatic carbocycles. The van der Waals surface area contributed by atoms with Gasteiger partial charge < -0.3 is 10.6 Å². The molecule has 6 aromatic rings. The Bertz CT molecular complexity index is 2450. The third-order valence-corrected chi connectivity index (χ3v) is 8.87. The lowest BCUT2D eigenvalue weighted by Crippen LogP contribution is -2.24. The van der Waals surface area contributed by atoms with E-state index < -0.39 is 23.6 Å². The van der Waals surface area contributed by atoms with Crippen LogP contribution in [0.4, 0.5) is 23.3 Å². The fourth-order valence-electron chi connectivity index (χ4n) is 5.02. The Labute approximate surface area is 333 Å². The second kappa shape index (κ2) is 17.8. The van der Waals surface area contributed by atoms with Crippen LogP contribution < -0.4 is 21.3 Å². The van der Waals surface area contributed by atoms with Gasteiger partial charge in [0.15, 0.2) is 16.8 Å². The molecule has 1 atom stereocenters. The van der Waals surface area contributed by atoms with E-state index >= 15 is 0 Å². The summed E-state index contributed by atoms with van der Waals surface area (Å²) in [5.74, 6) is -2.23. The zero-order chi connectivity index (χ0) is 39.8. The van der Waals surface area contributed by atoms with Crippen molar-refractivity contribution in [3.63, 3.8) is 0 Å². The predicted octanol–water partition coefficient (Wildman–Crippen LogP) is 6.49. The van der Waals surface area contributed by atoms with Gasteiger partial charge in [-0.15, -0.1) is 0 Å². The fraction of sp³-hybridized carbons (Fsp3) is 0.135. The molecule has 0 aliphatic carbocycles. The molecule has 0 saturated heterocycles. The fourth-order valence-corrected chi connectivity index (χ4v) is 5.78. The molecule has 0 radical (unpaired) electrons. The number of hydrogen-bond acceptors (Lipinski definition) is 13. The minimum Gasteiger partial charge on any atom is -0.326 e. The van der Waals surface area contributed by atoms with Gasteiger partial charge in [-0.3, -0.25) is 39.8 Å². The van der Waals surface area contributed by atoms with Crippen LogP contribution in [0.3, 0.4) is 0 Å². The molecule has 4 aromatic heterocycles. The van der Waals surface area contributed by atoms with Crippen molar-refractivity contribution in [2.45, 2.75) is 25.4 Å². The molecule has 4 heterocycles. The number of amides is 4. The number of carbonyl (C=O) groups is 4. The van der Waals surface area contributed by atoms with Gasteiger partial charge in [0.2, 0.25) is 23.7 Å². The minimum absolute atomic E-state index is 0.00582. The number of benzene rings is 2. The number of hydrogen-bond donors (Lipinski definition) is 4. The van der Waals surface area contributed by atoms with Gasteiger partial charge in [-0.05, 0) is 66.9 Å². The largest absolute Gasteiger partial charge is 0.326 e. The van der Waals surface area contributed by atoms with E-state index in [0.717, 1.165) is 0 Å². The molecule has 0 bridgehead atoms. The van der Waals surface area contributed by atoms with Crippen LogP contribution in [0.15, 0.2) is 90.3 Å². The maximum Gasteiger partial charge on any atom is 0.259 e. The molecule has 0 aliphatic rings. The zero-order valence-corrected chi connectivity index (χ0v) is 32.1. The molecule has 4 amide bonds. The molecule has 56 heavy (non-hydrogen) atoms. The average molecular weight is 810 g/mol. The number of carbonyl (C=O) groups excluding carboxylic acids is 4. The molecule has 0 saturated carbocycles. The highest BCUT2D eigenvalue weighted by atomic mass is 35.5. The topological polar surface area (TPSA) is 220 Å². The van der Waals surface area contributed by atoms with Crippen LogP contribution in [-0.2, 0) is 16.0 Å². The molecule has 0 aliphatic heterocycles. The van der Waals surface area contributed by atoms with Gasteiger partial charge in [0.05, 0.1) is 21.2 Å². The first-order valence-corrected chi connectivity index (χ1v) is 18.6. The Kier molecular flexibility index (Phi) is 12.5. The van der Waals surface area contributed by atoms with Crippen molar-refractivity contribution in [3.8, 4) is 23.0 Å². The number of nitrogens with one attached hydrogen (secondary N) is 4. The molecule has 6 rings (SSSR count). The number of aromatic nitrogens is 8. The quantitative estimate of drug-likeness (QED) is 0.0973. The van der Waals surface area contributed by atoms with Crippen LogP contribution in [0.2, 0.25) is 10.0 Å². The Morgan fingerprint density at radius 2 is 1.20 bits per heavy atom. The van der Waals surface area contributed by atoms with Crippen molar-refractivity contribution < 1.29 is 19.2 Å². The second-order valence-electron chi connectivity index (χ2n) is 11.9. The summed E-state index contributed by atoms with van der Waals surface area (Å²) in [7, 11) is 0. The summed E-state index contributed by atoms with van der Waals surface area (Å²) in [6.45, 7) is 3.01. The van der Waals surface area contributed by atoms with Gasteiger partial charge in [0.25, 0.3) is 11.8 Å². The first-order valence-electron chi connectivity index (χ1n) is 16.6. The lowest BCUT2D eigenvalue weighted by Gasteiger charge is -2.14. The zero-order valence-electron chi connectivity index (χ0n) is 29.7. The molecular formula is C37H30Cl2N12O4S. The normalized spacial score (nSPS) is 11.3. The smallest absolute Gasteiger partial charge is 0.259 e. The Balaban J connectivity index is 1.19. The van der Waals surface area contributed by atoms with Crippen molar-refractivity contribution in [2.75, 3.05) is 27.5 Å². The minimum atomic E-state index is -0.713. The van der Waals surface area contributed by atoms with E-state index in [0.29, 0.717) is 27.9 Å². The molecule has 16 nitrogen and oxygen atoms in total. The number of nitrogens with zero attached hydrogens (tertiary/aromatic N) is 8. The van der Waals surface area contributed by atoms with Gasteiger partial charge >= 0.3 is 0 Å². The van der Waals surface area contributed by atoms with Crippen LogP contribution in [0.25, 0.3) is 23.0 Å². The highest BCUT2D eigenvalue weighted by molar-refractivity contribution is 7.98. The highest BCUT2D eigenvalue weighted by Crippen LogP contribution is 2.25. The molecule has 4 N–H and O–H groups in total. The Morgan fingerprint density at radius 3 is 1.71 bits per heavy atom. The monoisotopic (exact) mass is 808 g/mol. The van der Waals surface area contributed by atoms with Crippen LogP contribution in [-0.4, -0.2) is 69.8 Å². The molecule has 0 fully saturated rings. The van der Waals surface area contributed by atoms with E-state index in [1.165, 1.54) is 43.0 Å². The van der Waals surface area contributed by atoms with Crippen LogP contribution in [0.1, 0.15) is 40.4 Å². The van der Waals surface area contributed by atoms with Gasteiger partial charge in [-0.2, -0.15) is 19.9 Å². The maximum absolute atomic E-state index is 13.5. The van der Waals surface area contributed by atoms with E-state index in [1.807, 2.05) is 0 Å². The van der Waals surface area contributed by atoms with E-state index in [1.54, 1.807) is 74.1 Å². The maximum atomic E-state index is 13.5. The molecule has 1 unspecified atom stereocenters. The lowest BCUT2D eigenvalue weighted by atomic mass is 10.1. The summed E-state index contributed by atoms with van der Waals surface area (Å²) in [5, 5.41) is 11.3. The van der Waals surface area contributed by atoms with Crippen molar-refractivity contribution >= 4 is 81.9 Å². The molecule has 282 valence electrons. The Hall–Kier alpha value is -6.43. The summed E-state index contributed by atoms with van der Waals surface area (Å²) in [4.78, 5) is 86.7. The number of halogens is 2. The van der Waals surface area contributed by atoms with Gasteiger partial charge in [0, 0.05) is 43.0 Å². The highest BCUT2D eigenvalue weighted by Gasteiger charge is 2.22. The van der Waals surface area contributed by atoms with Crippen LogP contribution in [0, 0.1) is 5.92 Å². The van der Waals surface area contributed by atoms with E-state index in [9.17, 15) is 19.2 Å². The average Bonchev–Trinajstić information content (AvgIpc) is 3.19. The molecular weight excluding hydrogens is 779 g/mol. The van der Waals surface area contributed by atoms with Gasteiger partial charge in [-0.1, -0.05) is 54.0 Å². The van der Waals surface area contributed by atoms with Crippen LogP contribution in [0.5, 0.6) is 0 Å². The molecule has 0 spiro atoms. The van der Waals surface area contributed by atoms with Gasteiger partial charge in [0.1, 0.15) is 17.2 Å². The standard InChI is InChI=1S/C37H30Cl2N12O4S/c1-19(16-29-44-30(27-8-4-6-14-40-27)46-35(45-29)49-33(54)23-17-21(42-20(2)52)10-12-25(23)38)32(53)43-22-11-13-26(39)24(18-22)34(55)50-36-47-31(48-37(51-36)56-3)28-9-5-7-15-41-28/h4-15,17-19H,16H2,1-3H3,(H,42,52)(H,43,53)(H,44,45,46,49,54)(H,47,48,50,51,55). The summed E-state index contributed by atoms with van der Waals surface area (Å²) in [5.41, 5.74) is 1.68. The first-order chi connectivity index (χ1) is 26.9. The van der Waals surface area contributed by atoms with E-state index in [-0.39, 0.29) is 62.9 Å². The van der Waals surface area contributed by atoms with Crippen molar-refractivity contribution in [1.82, 2.24) is 39.9 Å².